The first-order valence-corrected chi connectivity index (χ1v) is 9.71. The Morgan fingerprint density at radius 1 is 1.04 bits per heavy atom. The van der Waals surface area contributed by atoms with Crippen molar-refractivity contribution in [1.82, 2.24) is 0 Å². The molecule has 0 heterocycles. The molecule has 1 unspecified atom stereocenters. The van der Waals surface area contributed by atoms with Crippen LogP contribution in [0.3, 0.4) is 0 Å². The highest BCUT2D eigenvalue weighted by atomic mass is 16.5. The smallest absolute Gasteiger partial charge is 0.265 e. The topological polar surface area (TPSA) is 55.4 Å². The maximum Gasteiger partial charge on any atom is 0.265 e. The SMILES string of the molecule is CC(=O)c1cccc(NC(=O)C(C)Oc2ccc(C3CCCCC3)cc2)c1. The normalized spacial score (nSPS) is 15.8. The quantitative estimate of drug-likeness (QED) is 0.703. The largest absolute Gasteiger partial charge is 0.481 e. The fourth-order valence-electron chi connectivity index (χ4n) is 3.57. The van der Waals surface area contributed by atoms with Crippen molar-refractivity contribution in [2.24, 2.45) is 0 Å². The molecule has 1 amide bonds. The van der Waals surface area contributed by atoms with Crippen molar-refractivity contribution in [3.05, 3.63) is 59.7 Å². The highest BCUT2D eigenvalue weighted by molar-refractivity contribution is 5.98. The predicted octanol–water partition coefficient (Wildman–Crippen LogP) is 5.34. The van der Waals surface area contributed by atoms with E-state index >= 15 is 0 Å². The van der Waals surface area contributed by atoms with Crippen LogP contribution in [0, 0.1) is 0 Å². The molecule has 2 aromatic carbocycles. The van der Waals surface area contributed by atoms with E-state index in [1.807, 2.05) is 12.1 Å². The van der Waals surface area contributed by atoms with Crippen LogP contribution in [0.25, 0.3) is 0 Å². The van der Waals surface area contributed by atoms with Crippen LogP contribution in [0.15, 0.2) is 48.5 Å². The van der Waals surface area contributed by atoms with Gasteiger partial charge in [-0.15, -0.1) is 0 Å². The zero-order chi connectivity index (χ0) is 19.2. The number of nitrogens with one attached hydrogen (secondary N) is 1. The number of anilines is 1. The van der Waals surface area contributed by atoms with Crippen LogP contribution >= 0.6 is 0 Å². The molecule has 1 aliphatic carbocycles. The van der Waals surface area contributed by atoms with E-state index in [0.717, 1.165) is 0 Å². The molecule has 4 nitrogen and oxygen atoms in total. The van der Waals surface area contributed by atoms with E-state index in [9.17, 15) is 9.59 Å². The highest BCUT2D eigenvalue weighted by Crippen LogP contribution is 2.33. The van der Waals surface area contributed by atoms with E-state index in [1.165, 1.54) is 44.6 Å². The van der Waals surface area contributed by atoms with Crippen molar-refractivity contribution in [3.8, 4) is 5.75 Å². The van der Waals surface area contributed by atoms with Gasteiger partial charge in [0.05, 0.1) is 0 Å². The Labute approximate surface area is 160 Å². The van der Waals surface area contributed by atoms with Gasteiger partial charge in [-0.05, 0) is 62.4 Å². The Morgan fingerprint density at radius 3 is 2.41 bits per heavy atom. The number of rotatable bonds is 6. The van der Waals surface area contributed by atoms with Crippen molar-refractivity contribution in [2.45, 2.75) is 58.0 Å². The number of Topliss-reactive ketones (excluding diaryl/α,β-unsaturated/α-hetero) is 1. The Kier molecular flexibility index (Phi) is 6.28. The molecule has 1 atom stereocenters. The number of ether oxygens (including phenoxy) is 1. The minimum absolute atomic E-state index is 0.0338. The van der Waals surface area contributed by atoms with Crippen LogP contribution in [-0.4, -0.2) is 17.8 Å². The number of carbonyl (C=O) groups is 2. The van der Waals surface area contributed by atoms with E-state index in [4.69, 9.17) is 4.74 Å². The molecule has 142 valence electrons. The summed E-state index contributed by atoms with van der Waals surface area (Å²) in [7, 11) is 0. The Hall–Kier alpha value is -2.62. The van der Waals surface area contributed by atoms with Gasteiger partial charge < -0.3 is 10.1 Å². The number of hydrogen-bond acceptors (Lipinski definition) is 3. The highest BCUT2D eigenvalue weighted by Gasteiger charge is 2.17. The third-order valence-electron chi connectivity index (χ3n) is 5.18. The molecule has 0 aliphatic heterocycles. The summed E-state index contributed by atoms with van der Waals surface area (Å²) in [5, 5.41) is 2.80. The molecule has 2 aromatic rings. The lowest BCUT2D eigenvalue weighted by Gasteiger charge is -2.22. The minimum atomic E-state index is -0.633. The molecule has 0 aromatic heterocycles. The van der Waals surface area contributed by atoms with Gasteiger partial charge in [-0.25, -0.2) is 0 Å². The molecule has 1 saturated carbocycles. The molecule has 27 heavy (non-hydrogen) atoms. The van der Waals surface area contributed by atoms with Gasteiger partial charge in [0.2, 0.25) is 0 Å². The van der Waals surface area contributed by atoms with Gasteiger partial charge in [0.1, 0.15) is 5.75 Å². The second-order valence-corrected chi connectivity index (χ2v) is 7.29. The van der Waals surface area contributed by atoms with Crippen molar-refractivity contribution < 1.29 is 14.3 Å². The fourth-order valence-corrected chi connectivity index (χ4v) is 3.57. The van der Waals surface area contributed by atoms with E-state index in [0.29, 0.717) is 22.9 Å². The second kappa shape index (κ2) is 8.85. The number of carbonyl (C=O) groups excluding carboxylic acids is 2. The molecule has 0 spiro atoms. The Bertz CT molecular complexity index is 792. The van der Waals surface area contributed by atoms with E-state index in [2.05, 4.69) is 17.4 Å². The van der Waals surface area contributed by atoms with Gasteiger partial charge in [-0.3, -0.25) is 9.59 Å². The van der Waals surface area contributed by atoms with Crippen LogP contribution in [0.4, 0.5) is 5.69 Å². The molecule has 0 radical (unpaired) electrons. The fraction of sp³-hybridized carbons (Fsp3) is 0.391. The summed E-state index contributed by atoms with van der Waals surface area (Å²) >= 11 is 0. The summed E-state index contributed by atoms with van der Waals surface area (Å²) < 4.78 is 5.79. The minimum Gasteiger partial charge on any atom is -0.481 e. The first kappa shape index (κ1) is 19.2. The summed E-state index contributed by atoms with van der Waals surface area (Å²) in [4.78, 5) is 23.9. The zero-order valence-corrected chi connectivity index (χ0v) is 16.0. The maximum absolute atomic E-state index is 12.4. The lowest BCUT2D eigenvalue weighted by molar-refractivity contribution is -0.122. The standard InChI is InChI=1S/C23H27NO3/c1-16(25)20-9-6-10-21(15-20)24-23(26)17(2)27-22-13-11-19(12-14-22)18-7-4-3-5-8-18/h6,9-15,17-18H,3-5,7-8H2,1-2H3,(H,24,26). The third kappa shape index (κ3) is 5.19. The molecular formula is C23H27NO3. The van der Waals surface area contributed by atoms with Crippen molar-refractivity contribution >= 4 is 17.4 Å². The summed E-state index contributed by atoms with van der Waals surface area (Å²) in [5.74, 6) is 1.07. The molecule has 4 heteroatoms. The van der Waals surface area contributed by atoms with Crippen LogP contribution < -0.4 is 10.1 Å². The van der Waals surface area contributed by atoms with E-state index < -0.39 is 6.10 Å². The zero-order valence-electron chi connectivity index (χ0n) is 16.0. The van der Waals surface area contributed by atoms with Gasteiger partial charge in [0.25, 0.3) is 5.91 Å². The van der Waals surface area contributed by atoms with Crippen LogP contribution in [0.1, 0.15) is 67.8 Å². The first-order valence-electron chi connectivity index (χ1n) is 9.71. The Balaban J connectivity index is 1.57. The summed E-state index contributed by atoms with van der Waals surface area (Å²) in [6, 6.07) is 15.0. The van der Waals surface area contributed by atoms with Gasteiger partial charge in [0, 0.05) is 11.3 Å². The number of hydrogen-bond donors (Lipinski definition) is 1. The van der Waals surface area contributed by atoms with Gasteiger partial charge in [0.15, 0.2) is 11.9 Å². The molecule has 1 aliphatic rings. The monoisotopic (exact) mass is 365 g/mol. The van der Waals surface area contributed by atoms with Crippen molar-refractivity contribution in [2.75, 3.05) is 5.32 Å². The maximum atomic E-state index is 12.4. The lowest BCUT2D eigenvalue weighted by Crippen LogP contribution is -2.30. The van der Waals surface area contributed by atoms with Crippen LogP contribution in [0.2, 0.25) is 0 Å². The molecule has 0 bridgehead atoms. The van der Waals surface area contributed by atoms with Gasteiger partial charge in [-0.1, -0.05) is 43.5 Å². The van der Waals surface area contributed by atoms with Crippen molar-refractivity contribution in [3.63, 3.8) is 0 Å². The summed E-state index contributed by atoms with van der Waals surface area (Å²) in [6.45, 7) is 3.23. The summed E-state index contributed by atoms with van der Waals surface area (Å²) in [6.07, 6.45) is 5.86. The average molecular weight is 365 g/mol. The molecule has 1 fully saturated rings. The summed E-state index contributed by atoms with van der Waals surface area (Å²) in [5.41, 5.74) is 2.52. The van der Waals surface area contributed by atoms with Gasteiger partial charge in [-0.2, -0.15) is 0 Å². The number of ketones is 1. The Morgan fingerprint density at radius 2 is 1.74 bits per heavy atom. The average Bonchev–Trinajstić information content (AvgIpc) is 2.69. The van der Waals surface area contributed by atoms with E-state index in [1.54, 1.807) is 31.2 Å². The van der Waals surface area contributed by atoms with Gasteiger partial charge >= 0.3 is 0 Å². The molecular weight excluding hydrogens is 338 g/mol. The molecule has 1 N–H and O–H groups in total. The number of amides is 1. The van der Waals surface area contributed by atoms with E-state index in [-0.39, 0.29) is 11.7 Å². The second-order valence-electron chi connectivity index (χ2n) is 7.29. The lowest BCUT2D eigenvalue weighted by atomic mass is 9.84. The molecule has 3 rings (SSSR count). The molecule has 0 saturated heterocycles. The van der Waals surface area contributed by atoms with Crippen LogP contribution in [-0.2, 0) is 4.79 Å². The van der Waals surface area contributed by atoms with Crippen molar-refractivity contribution in [1.29, 1.82) is 0 Å². The van der Waals surface area contributed by atoms with Crippen LogP contribution in [0.5, 0.6) is 5.75 Å². The predicted molar refractivity (Wildman–Crippen MR) is 107 cm³/mol. The first-order chi connectivity index (χ1) is 13.0. The third-order valence-corrected chi connectivity index (χ3v) is 5.18. The number of benzene rings is 2.